The molecule has 1 aliphatic rings. The number of carbonyl (C=O) groups excluding carboxylic acids is 1. The van der Waals surface area contributed by atoms with Crippen molar-refractivity contribution in [1.29, 1.82) is 0 Å². The molecule has 20 heavy (non-hydrogen) atoms. The number of rotatable bonds is 6. The predicted molar refractivity (Wildman–Crippen MR) is 81.8 cm³/mol. The maximum absolute atomic E-state index is 12.4. The van der Waals surface area contributed by atoms with E-state index in [1.165, 1.54) is 4.90 Å². The van der Waals surface area contributed by atoms with Crippen LogP contribution in [0.3, 0.4) is 0 Å². The Labute approximate surface area is 124 Å². The van der Waals surface area contributed by atoms with E-state index in [9.17, 15) is 4.79 Å². The largest absolute Gasteiger partial charge is 0.383 e. The average molecular weight is 294 g/mol. The third-order valence-electron chi connectivity index (χ3n) is 3.63. The molecule has 1 saturated heterocycles. The Morgan fingerprint density at radius 3 is 2.60 bits per heavy atom. The summed E-state index contributed by atoms with van der Waals surface area (Å²) in [5.74, 6) is 0.170. The maximum atomic E-state index is 12.4. The lowest BCUT2D eigenvalue weighted by Crippen LogP contribution is -2.33. The van der Waals surface area contributed by atoms with E-state index in [1.807, 2.05) is 11.8 Å². The minimum atomic E-state index is -0.0860. The van der Waals surface area contributed by atoms with Crippen molar-refractivity contribution < 1.29 is 9.53 Å². The van der Waals surface area contributed by atoms with E-state index in [0.717, 1.165) is 12.0 Å². The number of nitrogens with zero attached hydrogens (tertiary/aromatic N) is 1. The van der Waals surface area contributed by atoms with E-state index in [1.54, 1.807) is 18.9 Å². The van der Waals surface area contributed by atoms with Crippen LogP contribution >= 0.6 is 11.8 Å². The molecule has 110 valence electrons. The molecule has 0 radical (unpaired) electrons. The molecule has 1 aromatic carbocycles. The number of benzene rings is 1. The van der Waals surface area contributed by atoms with Gasteiger partial charge in [-0.1, -0.05) is 19.1 Å². The summed E-state index contributed by atoms with van der Waals surface area (Å²) in [6, 6.07) is 8.29. The van der Waals surface area contributed by atoms with Gasteiger partial charge < -0.3 is 9.64 Å². The monoisotopic (exact) mass is 294 g/mol. The van der Waals surface area contributed by atoms with Crippen molar-refractivity contribution in [3.05, 3.63) is 29.8 Å². The second-order valence-corrected chi connectivity index (χ2v) is 5.71. The third-order valence-corrected chi connectivity index (χ3v) is 4.37. The third kappa shape index (κ3) is 3.16. The van der Waals surface area contributed by atoms with Crippen LogP contribution in [0.1, 0.15) is 25.1 Å². The summed E-state index contributed by atoms with van der Waals surface area (Å²) < 4.78 is 5.12. The Morgan fingerprint density at radius 1 is 1.35 bits per heavy atom. The molecule has 1 N–H and O–H groups in total. The van der Waals surface area contributed by atoms with Crippen LogP contribution in [0.15, 0.2) is 29.2 Å². The molecule has 1 amide bonds. The number of nitrogens with one attached hydrogen (secondary N) is 1. The molecule has 0 aliphatic carbocycles. The average Bonchev–Trinajstić information content (AvgIpc) is 2.81. The number of hydrogen-bond acceptors (Lipinski definition) is 4. The lowest BCUT2D eigenvalue weighted by atomic mass is 10.1. The van der Waals surface area contributed by atoms with Gasteiger partial charge in [0.15, 0.2) is 0 Å². The second-order valence-electron chi connectivity index (χ2n) is 4.83. The van der Waals surface area contributed by atoms with Gasteiger partial charge in [-0.25, -0.2) is 0 Å². The van der Waals surface area contributed by atoms with Gasteiger partial charge in [-0.3, -0.25) is 10.1 Å². The first-order chi connectivity index (χ1) is 9.71. The Morgan fingerprint density at radius 2 is 2.05 bits per heavy atom. The molecule has 4 nitrogen and oxygen atoms in total. The zero-order valence-electron chi connectivity index (χ0n) is 12.3. The van der Waals surface area contributed by atoms with E-state index >= 15 is 0 Å². The van der Waals surface area contributed by atoms with Gasteiger partial charge in [0.25, 0.3) is 0 Å². The molecule has 2 rings (SSSR count). The topological polar surface area (TPSA) is 41.6 Å². The number of amides is 1. The Kier molecular flexibility index (Phi) is 5.46. The Balaban J connectivity index is 2.19. The van der Waals surface area contributed by atoms with Crippen LogP contribution in [-0.2, 0) is 9.53 Å². The summed E-state index contributed by atoms with van der Waals surface area (Å²) in [4.78, 5) is 15.5. The highest BCUT2D eigenvalue weighted by Gasteiger charge is 2.38. The van der Waals surface area contributed by atoms with Crippen molar-refractivity contribution >= 4 is 17.7 Å². The lowest BCUT2D eigenvalue weighted by Gasteiger charge is -2.24. The van der Waals surface area contributed by atoms with Crippen molar-refractivity contribution in [2.24, 2.45) is 0 Å². The molecule has 2 unspecified atom stereocenters. The zero-order valence-corrected chi connectivity index (χ0v) is 13.1. The van der Waals surface area contributed by atoms with Crippen molar-refractivity contribution in [3.8, 4) is 0 Å². The van der Waals surface area contributed by atoms with Gasteiger partial charge >= 0.3 is 0 Å². The van der Waals surface area contributed by atoms with Crippen LogP contribution in [-0.4, -0.2) is 43.4 Å². The summed E-state index contributed by atoms with van der Waals surface area (Å²) in [5, 5.41) is 3.42. The molecule has 2 atom stereocenters. The first kappa shape index (κ1) is 15.4. The first-order valence-electron chi connectivity index (χ1n) is 6.90. The number of hydrogen-bond donors (Lipinski definition) is 1. The molecule has 0 spiro atoms. The molecule has 0 bridgehead atoms. The van der Waals surface area contributed by atoms with Gasteiger partial charge in [0, 0.05) is 18.6 Å². The number of thioether (sulfide) groups is 1. The van der Waals surface area contributed by atoms with Crippen LogP contribution in [0.4, 0.5) is 0 Å². The van der Waals surface area contributed by atoms with Crippen LogP contribution in [0.25, 0.3) is 0 Å². The van der Waals surface area contributed by atoms with E-state index in [0.29, 0.717) is 13.2 Å². The molecular formula is C15H22N2O2S. The highest BCUT2D eigenvalue weighted by atomic mass is 32.2. The van der Waals surface area contributed by atoms with Gasteiger partial charge in [-0.15, -0.1) is 11.8 Å². The zero-order chi connectivity index (χ0) is 14.5. The molecular weight excluding hydrogens is 272 g/mol. The molecule has 0 saturated carbocycles. The van der Waals surface area contributed by atoms with Gasteiger partial charge in [0.2, 0.25) is 5.91 Å². The fourth-order valence-electron chi connectivity index (χ4n) is 2.46. The van der Waals surface area contributed by atoms with Crippen LogP contribution in [0, 0.1) is 0 Å². The van der Waals surface area contributed by atoms with Crippen LogP contribution in [0.5, 0.6) is 0 Å². The van der Waals surface area contributed by atoms with Crippen molar-refractivity contribution in [1.82, 2.24) is 10.2 Å². The van der Waals surface area contributed by atoms with Crippen molar-refractivity contribution in [2.45, 2.75) is 30.4 Å². The predicted octanol–water partition coefficient (Wildman–Crippen LogP) is 2.26. The van der Waals surface area contributed by atoms with Crippen LogP contribution in [0.2, 0.25) is 0 Å². The highest BCUT2D eigenvalue weighted by Crippen LogP contribution is 2.27. The maximum Gasteiger partial charge on any atom is 0.241 e. The van der Waals surface area contributed by atoms with E-state index in [4.69, 9.17) is 4.74 Å². The van der Waals surface area contributed by atoms with E-state index < -0.39 is 0 Å². The van der Waals surface area contributed by atoms with Gasteiger partial charge in [0.1, 0.15) is 6.17 Å². The molecule has 1 heterocycles. The molecule has 0 aromatic heterocycles. The Hall–Kier alpha value is -1.04. The summed E-state index contributed by atoms with van der Waals surface area (Å²) in [5.41, 5.74) is 1.13. The molecule has 1 aliphatic heterocycles. The number of ether oxygens (including phenoxy) is 1. The fraction of sp³-hybridized carbons (Fsp3) is 0.533. The summed E-state index contributed by atoms with van der Waals surface area (Å²) in [6.07, 6.45) is 2.82. The minimum absolute atomic E-state index is 0.0430. The van der Waals surface area contributed by atoms with Crippen molar-refractivity contribution in [2.75, 3.05) is 26.5 Å². The van der Waals surface area contributed by atoms with E-state index in [-0.39, 0.29) is 18.1 Å². The lowest BCUT2D eigenvalue weighted by molar-refractivity contribution is -0.130. The van der Waals surface area contributed by atoms with Gasteiger partial charge in [-0.05, 0) is 30.4 Å². The Bertz CT molecular complexity index is 450. The van der Waals surface area contributed by atoms with Crippen molar-refractivity contribution in [3.63, 3.8) is 0 Å². The second kappa shape index (κ2) is 7.11. The number of methoxy groups -OCH3 is 1. The van der Waals surface area contributed by atoms with E-state index in [2.05, 4.69) is 35.8 Å². The SMILES string of the molecule is CCC1NC(c2ccc(SC)cc2)N(CCOC)C1=O. The minimum Gasteiger partial charge on any atom is -0.383 e. The fourth-order valence-corrected chi connectivity index (χ4v) is 2.87. The smallest absolute Gasteiger partial charge is 0.241 e. The van der Waals surface area contributed by atoms with Gasteiger partial charge in [-0.2, -0.15) is 0 Å². The molecule has 5 heteroatoms. The molecule has 1 aromatic rings. The summed E-state index contributed by atoms with van der Waals surface area (Å²) >= 11 is 1.72. The van der Waals surface area contributed by atoms with Gasteiger partial charge in [0.05, 0.1) is 12.6 Å². The summed E-state index contributed by atoms with van der Waals surface area (Å²) in [6.45, 7) is 3.21. The number of carbonyl (C=O) groups is 1. The molecule has 1 fully saturated rings. The standard InChI is InChI=1S/C15H22N2O2S/c1-4-13-15(18)17(9-10-19-2)14(16-13)11-5-7-12(20-3)8-6-11/h5-8,13-14,16H,4,9-10H2,1-3H3. The summed E-state index contributed by atoms with van der Waals surface area (Å²) in [7, 11) is 1.66. The first-order valence-corrected chi connectivity index (χ1v) is 8.13. The quantitative estimate of drug-likeness (QED) is 0.817. The van der Waals surface area contributed by atoms with Crippen LogP contribution < -0.4 is 5.32 Å². The normalized spacial score (nSPS) is 22.6. The highest BCUT2D eigenvalue weighted by molar-refractivity contribution is 7.98.